The van der Waals surface area contributed by atoms with E-state index in [1.165, 1.54) is 30.2 Å². The summed E-state index contributed by atoms with van der Waals surface area (Å²) < 4.78 is 5.88. The summed E-state index contributed by atoms with van der Waals surface area (Å²) in [5.74, 6) is -0.0102. The van der Waals surface area contributed by atoms with Crippen LogP contribution in [-0.2, 0) is 9.53 Å². The first-order valence-corrected chi connectivity index (χ1v) is 11.0. The Bertz CT molecular complexity index is 942. The van der Waals surface area contributed by atoms with Gasteiger partial charge < -0.3 is 15.4 Å². The molecule has 4 rings (SSSR count). The van der Waals surface area contributed by atoms with E-state index in [9.17, 15) is 9.59 Å². The van der Waals surface area contributed by atoms with Gasteiger partial charge >= 0.3 is 12.0 Å². The summed E-state index contributed by atoms with van der Waals surface area (Å²) in [4.78, 5) is 27.5. The lowest BCUT2D eigenvalue weighted by Crippen LogP contribution is -2.50. The molecule has 0 radical (unpaired) electrons. The summed E-state index contributed by atoms with van der Waals surface area (Å²) in [6.45, 7) is 0. The summed E-state index contributed by atoms with van der Waals surface area (Å²) in [5.41, 5.74) is 1.99. The van der Waals surface area contributed by atoms with Crippen molar-refractivity contribution in [2.75, 3.05) is 25.2 Å². The van der Waals surface area contributed by atoms with E-state index in [4.69, 9.17) is 4.74 Å². The molecule has 2 N–H and O–H groups in total. The van der Waals surface area contributed by atoms with Gasteiger partial charge in [0.1, 0.15) is 0 Å². The summed E-state index contributed by atoms with van der Waals surface area (Å²) >= 11 is 2.89. The number of thioether (sulfide) groups is 1. The number of hydrogen-bond donors (Lipinski definition) is 2. The number of nitrogens with one attached hydrogen (secondary N) is 2. The van der Waals surface area contributed by atoms with E-state index >= 15 is 0 Å². The highest BCUT2D eigenvalue weighted by atomic mass is 32.2. The standard InChI is InChI=1S/C19H21N5O3S2/c1-20-17-22-23-19(29-17)28-10-13-14(16(25)27-2)15(11-6-4-3-5-7-11)21-18(26)24(13)12-8-9-12/h3-7,12,15H,8-10H2,1-2H3,(H,20,22)(H,21,26). The highest BCUT2D eigenvalue weighted by molar-refractivity contribution is 8.01. The van der Waals surface area contributed by atoms with Gasteiger partial charge in [-0.1, -0.05) is 53.4 Å². The molecule has 1 aromatic carbocycles. The second-order valence-electron chi connectivity index (χ2n) is 6.66. The van der Waals surface area contributed by atoms with Gasteiger partial charge in [0, 0.05) is 24.5 Å². The average Bonchev–Trinajstić information content (AvgIpc) is 3.48. The SMILES string of the molecule is CNc1nnc(SCC2=C(C(=O)OC)C(c3ccccc3)NC(=O)N2C2CC2)s1. The van der Waals surface area contributed by atoms with Gasteiger partial charge in [-0.3, -0.25) is 4.90 Å². The number of rotatable bonds is 7. The minimum atomic E-state index is -0.552. The number of aromatic nitrogens is 2. The van der Waals surface area contributed by atoms with Gasteiger partial charge in [0.2, 0.25) is 5.13 Å². The lowest BCUT2D eigenvalue weighted by molar-refractivity contribution is -0.136. The molecule has 2 aromatic rings. The lowest BCUT2D eigenvalue weighted by Gasteiger charge is -2.36. The molecule has 2 amide bonds. The molecule has 8 nitrogen and oxygen atoms in total. The molecule has 0 saturated heterocycles. The Morgan fingerprint density at radius 2 is 2.10 bits per heavy atom. The van der Waals surface area contributed by atoms with Gasteiger partial charge in [-0.05, 0) is 18.4 Å². The third kappa shape index (κ3) is 4.08. The van der Waals surface area contributed by atoms with Crippen molar-refractivity contribution >= 4 is 40.2 Å². The molecule has 2 aliphatic rings. The second-order valence-corrected chi connectivity index (χ2v) is 8.86. The molecule has 0 spiro atoms. The van der Waals surface area contributed by atoms with Gasteiger partial charge in [-0.2, -0.15) is 0 Å². The average molecular weight is 432 g/mol. The highest BCUT2D eigenvalue weighted by Gasteiger charge is 2.43. The van der Waals surface area contributed by atoms with Crippen LogP contribution in [0.3, 0.4) is 0 Å². The number of urea groups is 1. The highest BCUT2D eigenvalue weighted by Crippen LogP contribution is 2.40. The number of ether oxygens (including phenoxy) is 1. The van der Waals surface area contributed by atoms with E-state index in [2.05, 4.69) is 20.8 Å². The monoisotopic (exact) mass is 431 g/mol. The van der Waals surface area contributed by atoms with Crippen molar-refractivity contribution in [3.63, 3.8) is 0 Å². The Morgan fingerprint density at radius 3 is 2.72 bits per heavy atom. The van der Waals surface area contributed by atoms with Crippen molar-refractivity contribution in [1.29, 1.82) is 0 Å². The van der Waals surface area contributed by atoms with E-state index in [0.29, 0.717) is 17.0 Å². The fraction of sp³-hybridized carbons (Fsp3) is 0.368. The first-order valence-electron chi connectivity index (χ1n) is 9.22. The zero-order chi connectivity index (χ0) is 20.4. The normalized spacial score (nSPS) is 19.2. The number of hydrogen-bond acceptors (Lipinski definition) is 8. The number of carbonyl (C=O) groups is 2. The molecule has 1 aromatic heterocycles. The van der Waals surface area contributed by atoms with E-state index < -0.39 is 12.0 Å². The molecule has 29 heavy (non-hydrogen) atoms. The van der Waals surface area contributed by atoms with Crippen molar-refractivity contribution in [3.05, 3.63) is 47.2 Å². The van der Waals surface area contributed by atoms with Gasteiger partial charge in [-0.15, -0.1) is 10.2 Å². The van der Waals surface area contributed by atoms with Crippen molar-refractivity contribution in [1.82, 2.24) is 20.4 Å². The van der Waals surface area contributed by atoms with E-state index in [0.717, 1.165) is 27.9 Å². The number of nitrogens with zero attached hydrogens (tertiary/aromatic N) is 3. The van der Waals surface area contributed by atoms with Crippen LogP contribution in [0.15, 0.2) is 45.9 Å². The smallest absolute Gasteiger partial charge is 0.338 e. The fourth-order valence-electron chi connectivity index (χ4n) is 3.29. The summed E-state index contributed by atoms with van der Waals surface area (Å²) in [5, 5.41) is 14.9. The van der Waals surface area contributed by atoms with Crippen molar-refractivity contribution in [2.24, 2.45) is 0 Å². The number of methoxy groups -OCH3 is 1. The zero-order valence-electron chi connectivity index (χ0n) is 16.0. The Kier molecular flexibility index (Phi) is 5.72. The Balaban J connectivity index is 1.74. The van der Waals surface area contributed by atoms with Crippen molar-refractivity contribution in [2.45, 2.75) is 29.3 Å². The van der Waals surface area contributed by atoms with Crippen LogP contribution in [0.2, 0.25) is 0 Å². The van der Waals surface area contributed by atoms with Crippen LogP contribution in [0.1, 0.15) is 24.4 Å². The fourth-order valence-corrected chi connectivity index (χ4v) is 5.02. The van der Waals surface area contributed by atoms with Gasteiger partial charge in [0.25, 0.3) is 0 Å². The quantitative estimate of drug-likeness (QED) is 0.514. The molecule has 1 fully saturated rings. The third-order valence-corrected chi connectivity index (χ3v) is 6.87. The van der Waals surface area contributed by atoms with Crippen LogP contribution in [0.4, 0.5) is 9.93 Å². The lowest BCUT2D eigenvalue weighted by atomic mass is 9.95. The molecular formula is C19H21N5O3S2. The maximum Gasteiger partial charge on any atom is 0.338 e. The van der Waals surface area contributed by atoms with Crippen molar-refractivity contribution < 1.29 is 14.3 Å². The van der Waals surface area contributed by atoms with Crippen LogP contribution in [0.5, 0.6) is 0 Å². The summed E-state index contributed by atoms with van der Waals surface area (Å²) in [6, 6.07) is 8.85. The van der Waals surface area contributed by atoms with Gasteiger partial charge in [0.05, 0.1) is 18.7 Å². The molecule has 10 heteroatoms. The molecule has 1 unspecified atom stereocenters. The molecule has 2 heterocycles. The topological polar surface area (TPSA) is 96.5 Å². The van der Waals surface area contributed by atoms with E-state index in [-0.39, 0.29) is 12.1 Å². The Labute approximate surface area is 176 Å². The number of benzene rings is 1. The largest absolute Gasteiger partial charge is 0.466 e. The molecule has 152 valence electrons. The van der Waals surface area contributed by atoms with Crippen LogP contribution in [0.25, 0.3) is 0 Å². The minimum Gasteiger partial charge on any atom is -0.466 e. The molecule has 1 aliphatic heterocycles. The van der Waals surface area contributed by atoms with E-state index in [1.807, 2.05) is 30.3 Å². The Morgan fingerprint density at radius 1 is 1.34 bits per heavy atom. The number of carbonyl (C=O) groups excluding carboxylic acids is 2. The van der Waals surface area contributed by atoms with Gasteiger partial charge in [-0.25, -0.2) is 9.59 Å². The second kappa shape index (κ2) is 8.42. The van der Waals surface area contributed by atoms with Crippen LogP contribution in [0, 0.1) is 0 Å². The minimum absolute atomic E-state index is 0.115. The first-order chi connectivity index (χ1) is 14.1. The predicted molar refractivity (Wildman–Crippen MR) is 112 cm³/mol. The number of esters is 1. The first kappa shape index (κ1) is 19.7. The summed E-state index contributed by atoms with van der Waals surface area (Å²) in [6.07, 6.45) is 1.85. The van der Waals surface area contributed by atoms with Crippen LogP contribution in [-0.4, -0.2) is 53.0 Å². The molecule has 1 atom stereocenters. The maximum absolute atomic E-state index is 13.0. The summed E-state index contributed by atoms with van der Waals surface area (Å²) in [7, 11) is 3.15. The van der Waals surface area contributed by atoms with Crippen molar-refractivity contribution in [3.8, 4) is 0 Å². The number of amides is 2. The maximum atomic E-state index is 13.0. The molecular weight excluding hydrogens is 410 g/mol. The molecule has 0 bridgehead atoms. The predicted octanol–water partition coefficient (Wildman–Crippen LogP) is 3.03. The van der Waals surface area contributed by atoms with E-state index in [1.54, 1.807) is 11.9 Å². The third-order valence-electron chi connectivity index (χ3n) is 4.78. The van der Waals surface area contributed by atoms with Crippen LogP contribution >= 0.6 is 23.1 Å². The van der Waals surface area contributed by atoms with Crippen LogP contribution < -0.4 is 10.6 Å². The zero-order valence-corrected chi connectivity index (χ0v) is 17.7. The van der Waals surface area contributed by atoms with Gasteiger partial charge in [0.15, 0.2) is 4.34 Å². The molecule has 1 saturated carbocycles. The number of anilines is 1. The Hall–Kier alpha value is -2.59. The molecule has 1 aliphatic carbocycles.